The van der Waals surface area contributed by atoms with Crippen LogP contribution in [0.1, 0.15) is 123 Å². The maximum Gasteiger partial charge on any atom is 0.438 e. The van der Waals surface area contributed by atoms with Crippen LogP contribution in [0.15, 0.2) is 81.1 Å². The molecule has 2 fully saturated rings. The lowest BCUT2D eigenvalue weighted by Gasteiger charge is -2.34. The summed E-state index contributed by atoms with van der Waals surface area (Å²) in [5, 5.41) is 10.6. The van der Waals surface area contributed by atoms with Crippen molar-refractivity contribution >= 4 is 29.3 Å². The number of nitrogens with zero attached hydrogens (tertiary/aromatic N) is 7. The van der Waals surface area contributed by atoms with Gasteiger partial charge in [0.05, 0.1) is 23.1 Å². The van der Waals surface area contributed by atoms with Crippen LogP contribution < -0.4 is 16.8 Å². The van der Waals surface area contributed by atoms with Crippen LogP contribution in [0.4, 0.5) is 4.39 Å². The number of benzene rings is 3. The van der Waals surface area contributed by atoms with Crippen molar-refractivity contribution < 1.29 is 23.0 Å². The van der Waals surface area contributed by atoms with Gasteiger partial charge in [0.1, 0.15) is 30.0 Å². The Morgan fingerprint density at radius 2 is 1.67 bits per heavy atom. The number of aromatic nitrogens is 7. The number of carbonyl (C=O) groups excluding carboxylic acids is 1. The number of hydrogen-bond donors (Lipinski definition) is 1. The van der Waals surface area contributed by atoms with Crippen molar-refractivity contribution in [2.24, 2.45) is 5.92 Å². The first-order valence-electron chi connectivity index (χ1n) is 23.4. The third-order valence-electron chi connectivity index (χ3n) is 15.1. The number of rotatable bonds is 9. The van der Waals surface area contributed by atoms with E-state index in [4.69, 9.17) is 14.4 Å². The van der Waals surface area contributed by atoms with E-state index in [0.717, 1.165) is 40.3 Å². The predicted molar refractivity (Wildman–Crippen MR) is 256 cm³/mol. The van der Waals surface area contributed by atoms with E-state index in [2.05, 4.69) is 35.3 Å². The molecule has 7 aromatic rings. The van der Waals surface area contributed by atoms with Gasteiger partial charge in [-0.2, -0.15) is 5.10 Å². The Balaban J connectivity index is 1.11. The monoisotopic (exact) mass is 928 g/mol. The highest BCUT2D eigenvalue weighted by Gasteiger charge is 2.59. The Bertz CT molecular complexity index is 3280. The van der Waals surface area contributed by atoms with Gasteiger partial charge in [0.2, 0.25) is 0 Å². The zero-order chi connectivity index (χ0) is 47.5. The van der Waals surface area contributed by atoms with E-state index in [1.54, 1.807) is 52.2 Å². The number of fused-ring (bicyclic) bond motifs is 2. The molecule has 350 valence electrons. The fourth-order valence-corrected chi connectivity index (χ4v) is 12.6. The van der Waals surface area contributed by atoms with E-state index < -0.39 is 29.6 Å². The zero-order valence-electron chi connectivity index (χ0n) is 39.6. The number of ether oxygens (including phenoxy) is 1. The number of aryl methyl sites for hydroxylation is 3. The summed E-state index contributed by atoms with van der Waals surface area (Å²) < 4.78 is 47.0. The van der Waals surface area contributed by atoms with Crippen molar-refractivity contribution in [1.29, 1.82) is 0 Å². The molecule has 10 rings (SSSR count). The number of imidazole rings is 1. The van der Waals surface area contributed by atoms with Gasteiger partial charge in [-0.15, -0.1) is 0 Å². The van der Waals surface area contributed by atoms with Gasteiger partial charge >= 0.3 is 11.4 Å². The molecule has 6 heterocycles. The lowest BCUT2D eigenvalue weighted by atomic mass is 9.91. The summed E-state index contributed by atoms with van der Waals surface area (Å²) in [5.41, 5.74) is 5.69. The third-order valence-corrected chi connectivity index (χ3v) is 19.0. The van der Waals surface area contributed by atoms with E-state index >= 15 is 9.18 Å². The summed E-state index contributed by atoms with van der Waals surface area (Å²) in [7, 11) is -2.78. The van der Waals surface area contributed by atoms with E-state index in [0.29, 0.717) is 90.3 Å². The second-order valence-electron chi connectivity index (χ2n) is 20.0. The molecular weight excluding hydrogens is 871 g/mol. The molecule has 3 aromatic carbocycles. The van der Waals surface area contributed by atoms with Crippen molar-refractivity contribution in [2.75, 3.05) is 26.4 Å². The smallest absolute Gasteiger partial charge is 0.381 e. The number of halogens is 1. The van der Waals surface area contributed by atoms with Crippen LogP contribution in [0.5, 0.6) is 0 Å². The highest BCUT2D eigenvalue weighted by Crippen LogP contribution is 2.56. The molecule has 0 spiro atoms. The van der Waals surface area contributed by atoms with Crippen LogP contribution in [0.2, 0.25) is 0 Å². The predicted octanol–water partition coefficient (Wildman–Crippen LogP) is 8.62. The lowest BCUT2D eigenvalue weighted by Crippen LogP contribution is -2.41. The third kappa shape index (κ3) is 7.05. The molecule has 1 saturated heterocycles. The Morgan fingerprint density at radius 3 is 2.31 bits per heavy atom. The molecule has 1 aliphatic carbocycles. The molecule has 2 aliphatic heterocycles. The Morgan fingerprint density at radius 1 is 0.970 bits per heavy atom. The van der Waals surface area contributed by atoms with Gasteiger partial charge in [0, 0.05) is 65.5 Å². The molecule has 0 radical (unpaired) electrons. The topological polar surface area (TPSA) is 155 Å². The maximum atomic E-state index is 15.6. The zero-order valence-corrected chi connectivity index (χ0v) is 40.5. The number of amides is 1. The van der Waals surface area contributed by atoms with Gasteiger partial charge in [-0.05, 0) is 136 Å². The van der Waals surface area contributed by atoms with Crippen molar-refractivity contribution in [1.82, 2.24) is 38.5 Å². The molecule has 1 amide bonds. The average molecular weight is 929 g/mol. The summed E-state index contributed by atoms with van der Waals surface area (Å²) in [5.74, 6) is -0.0293. The van der Waals surface area contributed by atoms with Crippen LogP contribution in [0, 0.1) is 25.6 Å². The van der Waals surface area contributed by atoms with Gasteiger partial charge in [-0.1, -0.05) is 45.8 Å². The molecule has 1 saturated carbocycles. The summed E-state index contributed by atoms with van der Waals surface area (Å²) >= 11 is 0. The minimum Gasteiger partial charge on any atom is -0.381 e. The first-order chi connectivity index (χ1) is 31.8. The fourth-order valence-electron chi connectivity index (χ4n) is 10.7. The number of hydrogen-bond acceptors (Lipinski definition) is 8. The molecule has 4 atom stereocenters. The lowest BCUT2D eigenvalue weighted by molar-refractivity contribution is 0.0663. The molecule has 1 N–H and O–H groups in total. The molecule has 16 heteroatoms. The van der Waals surface area contributed by atoms with Crippen LogP contribution in [0.25, 0.3) is 28.1 Å². The molecule has 1 unspecified atom stereocenters. The summed E-state index contributed by atoms with van der Waals surface area (Å²) in [6.45, 7) is 19.0. The summed E-state index contributed by atoms with van der Waals surface area (Å²) in [6.07, 6.45) is 6.89. The number of H-pyrrole nitrogens is 1. The SMILES string of the molecule is CCc1cc(-n2ccn(-c3c4c(nn3-c3cc(C)c(F)c(C)c3)CCN(C(=O)c3cc5cc(C6CCOCC6)ccc5n3[C@@]3(c5noc(=O)[nH]5)C[C@@H]3C)[C@H]4C)c2=O)ccc1P(C)(=O)C(C)(C)C. The average Bonchev–Trinajstić information content (AvgIpc) is 3.80. The standard InChI is InChI=1S/C51H58FN8O6P/c1-10-33-26-37(12-14-42(33)67(9,64)50(6,7)8)57-19-20-58(49(57)63)45-43-32(5)56(18-15-39(43)54-60(45)38-23-29(2)44(52)30(3)24-38)46(61)41-27-36-25-35(34-16-21-65-22-17-34)11-13-40(36)59(41)51(28-31(51)4)47-53-48(62)66-55-47/h11-14,19-20,23-27,31-32,34H,10,15-18,21-22,28H2,1-9H3,(H,53,55,62)/t31-,32-,51-,67?/m0/s1. The molecule has 14 nitrogen and oxygen atoms in total. The normalized spacial score (nSPS) is 20.9. The van der Waals surface area contributed by atoms with Crippen molar-refractivity contribution in [3.8, 4) is 17.2 Å². The quantitative estimate of drug-likeness (QED) is 0.141. The van der Waals surface area contributed by atoms with Crippen LogP contribution >= 0.6 is 7.14 Å². The van der Waals surface area contributed by atoms with Gasteiger partial charge in [0.25, 0.3) is 5.91 Å². The van der Waals surface area contributed by atoms with Crippen LogP contribution in [0.3, 0.4) is 0 Å². The minimum atomic E-state index is -2.78. The van der Waals surface area contributed by atoms with Gasteiger partial charge in [-0.3, -0.25) is 23.4 Å². The number of aromatic amines is 1. The highest BCUT2D eigenvalue weighted by molar-refractivity contribution is 7.72. The highest BCUT2D eigenvalue weighted by atomic mass is 31.2. The molecule has 67 heavy (non-hydrogen) atoms. The Kier molecular flexibility index (Phi) is 10.7. The van der Waals surface area contributed by atoms with E-state index in [1.807, 2.05) is 75.0 Å². The number of nitrogens with one attached hydrogen (secondary N) is 1. The molecule has 3 aliphatic rings. The summed E-state index contributed by atoms with van der Waals surface area (Å²) in [6, 6.07) is 16.9. The van der Waals surface area contributed by atoms with Crippen molar-refractivity contribution in [2.45, 2.75) is 110 Å². The first-order valence-corrected chi connectivity index (χ1v) is 25.5. The Labute approximate surface area is 388 Å². The molecule has 0 bridgehead atoms. The molecular formula is C51H58FN8O6P. The van der Waals surface area contributed by atoms with Gasteiger partial charge < -0.3 is 18.8 Å². The molecule has 4 aromatic heterocycles. The van der Waals surface area contributed by atoms with Gasteiger partial charge in [0.15, 0.2) is 5.82 Å². The van der Waals surface area contributed by atoms with Crippen molar-refractivity contribution in [3.63, 3.8) is 0 Å². The van der Waals surface area contributed by atoms with Crippen LogP contribution in [-0.4, -0.2) is 76.0 Å². The summed E-state index contributed by atoms with van der Waals surface area (Å²) in [4.78, 5) is 47.6. The first kappa shape index (κ1) is 44.8. The van der Waals surface area contributed by atoms with Gasteiger partial charge in [-0.25, -0.2) is 18.7 Å². The Hall–Kier alpha value is -6.05. The second-order valence-corrected chi connectivity index (χ2v) is 23.7. The minimum absolute atomic E-state index is 0.0221. The van der Waals surface area contributed by atoms with E-state index in [-0.39, 0.29) is 23.3 Å². The van der Waals surface area contributed by atoms with Crippen LogP contribution in [-0.2, 0) is 27.7 Å². The maximum absolute atomic E-state index is 15.6. The fraction of sp³-hybridized carbons (Fsp3) is 0.431. The van der Waals surface area contributed by atoms with E-state index in [1.165, 1.54) is 5.56 Å². The van der Waals surface area contributed by atoms with E-state index in [9.17, 15) is 14.2 Å². The van der Waals surface area contributed by atoms with Crippen molar-refractivity contribution in [3.05, 3.63) is 139 Å². The number of carbonyl (C=O) groups is 1. The second kappa shape index (κ2) is 16.0. The largest absolute Gasteiger partial charge is 0.438 e.